The van der Waals surface area contributed by atoms with Gasteiger partial charge in [-0.2, -0.15) is 0 Å². The second-order valence-corrected chi connectivity index (χ2v) is 6.53. The molecule has 1 aromatic carbocycles. The van der Waals surface area contributed by atoms with Gasteiger partial charge in [-0.25, -0.2) is 0 Å². The summed E-state index contributed by atoms with van der Waals surface area (Å²) in [6.45, 7) is 8.68. The number of hydrogen-bond donors (Lipinski definition) is 1. The first-order valence-corrected chi connectivity index (χ1v) is 7.53. The largest absolute Gasteiger partial charge is 0.493 e. The van der Waals surface area contributed by atoms with Crippen molar-refractivity contribution in [1.29, 1.82) is 0 Å². The van der Waals surface area contributed by atoms with Gasteiger partial charge >= 0.3 is 0 Å². The van der Waals surface area contributed by atoms with Crippen LogP contribution in [0.4, 0.5) is 0 Å². The standard InChI is InChI=1S/C17H27NO/c1-17(2,3)15-9-4-5-10-16(15)19-13-11-14-8-6-7-12-18-14/h4-5,9-10,14,18H,6-8,11-13H2,1-3H3. The predicted octanol–water partition coefficient (Wildman–Crippen LogP) is 3.90. The molecule has 2 nitrogen and oxygen atoms in total. The molecule has 0 aliphatic carbocycles. The molecule has 1 unspecified atom stereocenters. The molecule has 19 heavy (non-hydrogen) atoms. The lowest BCUT2D eigenvalue weighted by Gasteiger charge is -2.25. The van der Waals surface area contributed by atoms with Crippen LogP contribution in [0.1, 0.15) is 52.0 Å². The van der Waals surface area contributed by atoms with Crippen molar-refractivity contribution in [2.24, 2.45) is 0 Å². The number of ether oxygens (including phenoxy) is 1. The zero-order valence-electron chi connectivity index (χ0n) is 12.5. The highest BCUT2D eigenvalue weighted by atomic mass is 16.5. The number of rotatable bonds is 4. The first kappa shape index (κ1) is 14.4. The van der Waals surface area contributed by atoms with Crippen molar-refractivity contribution in [3.8, 4) is 5.75 Å². The lowest BCUT2D eigenvalue weighted by Crippen LogP contribution is -2.35. The Morgan fingerprint density at radius 1 is 1.21 bits per heavy atom. The lowest BCUT2D eigenvalue weighted by atomic mass is 9.86. The Morgan fingerprint density at radius 2 is 2.00 bits per heavy atom. The summed E-state index contributed by atoms with van der Waals surface area (Å²) >= 11 is 0. The van der Waals surface area contributed by atoms with Crippen LogP contribution in [0, 0.1) is 0 Å². The van der Waals surface area contributed by atoms with Crippen LogP contribution in [-0.4, -0.2) is 19.2 Å². The first-order valence-electron chi connectivity index (χ1n) is 7.53. The monoisotopic (exact) mass is 261 g/mol. The minimum absolute atomic E-state index is 0.139. The summed E-state index contributed by atoms with van der Waals surface area (Å²) in [5.41, 5.74) is 1.44. The van der Waals surface area contributed by atoms with E-state index in [2.05, 4.69) is 50.4 Å². The molecule has 1 atom stereocenters. The maximum absolute atomic E-state index is 6.03. The Bertz CT molecular complexity index is 388. The van der Waals surface area contributed by atoms with Crippen LogP contribution in [-0.2, 0) is 5.41 Å². The van der Waals surface area contributed by atoms with Crippen molar-refractivity contribution >= 4 is 0 Å². The molecule has 0 radical (unpaired) electrons. The minimum atomic E-state index is 0.139. The predicted molar refractivity (Wildman–Crippen MR) is 80.9 cm³/mol. The molecule has 0 aromatic heterocycles. The van der Waals surface area contributed by atoms with Gasteiger partial charge in [0.25, 0.3) is 0 Å². The van der Waals surface area contributed by atoms with E-state index in [1.807, 2.05) is 0 Å². The van der Waals surface area contributed by atoms with Crippen molar-refractivity contribution in [3.05, 3.63) is 29.8 Å². The summed E-state index contributed by atoms with van der Waals surface area (Å²) in [4.78, 5) is 0. The number of para-hydroxylation sites is 1. The fourth-order valence-corrected chi connectivity index (χ4v) is 2.69. The fourth-order valence-electron chi connectivity index (χ4n) is 2.69. The number of piperidine rings is 1. The fraction of sp³-hybridized carbons (Fsp3) is 0.647. The average molecular weight is 261 g/mol. The van der Waals surface area contributed by atoms with Gasteiger partial charge in [0.15, 0.2) is 0 Å². The summed E-state index contributed by atoms with van der Waals surface area (Å²) in [5, 5.41) is 3.57. The molecule has 0 saturated carbocycles. The molecule has 1 aliphatic heterocycles. The molecular weight excluding hydrogens is 234 g/mol. The quantitative estimate of drug-likeness (QED) is 0.887. The third-order valence-electron chi connectivity index (χ3n) is 3.83. The highest BCUT2D eigenvalue weighted by Crippen LogP contribution is 2.31. The Hall–Kier alpha value is -1.02. The Kier molecular flexibility index (Phi) is 4.87. The van der Waals surface area contributed by atoms with Gasteiger partial charge in [0.05, 0.1) is 6.61 Å². The third kappa shape index (κ3) is 4.24. The Balaban J connectivity index is 1.88. The molecule has 0 spiro atoms. The summed E-state index contributed by atoms with van der Waals surface area (Å²) in [6, 6.07) is 9.07. The molecule has 0 amide bonds. The number of nitrogens with one attached hydrogen (secondary N) is 1. The van der Waals surface area contributed by atoms with Crippen LogP contribution in [0.3, 0.4) is 0 Å². The van der Waals surface area contributed by atoms with Gasteiger partial charge in [0.2, 0.25) is 0 Å². The van der Waals surface area contributed by atoms with E-state index in [1.54, 1.807) is 0 Å². The van der Waals surface area contributed by atoms with Gasteiger partial charge in [0, 0.05) is 6.04 Å². The molecule has 2 rings (SSSR count). The summed E-state index contributed by atoms with van der Waals surface area (Å²) in [5.74, 6) is 1.05. The van der Waals surface area contributed by atoms with E-state index in [-0.39, 0.29) is 5.41 Å². The van der Waals surface area contributed by atoms with Crippen LogP contribution in [0.2, 0.25) is 0 Å². The molecule has 1 fully saturated rings. The molecule has 2 heteroatoms. The summed E-state index contributed by atoms with van der Waals surface area (Å²) in [6.07, 6.45) is 5.09. The summed E-state index contributed by atoms with van der Waals surface area (Å²) in [7, 11) is 0. The van der Waals surface area contributed by atoms with E-state index in [0.29, 0.717) is 6.04 Å². The van der Waals surface area contributed by atoms with Crippen molar-refractivity contribution in [2.45, 2.75) is 57.9 Å². The van der Waals surface area contributed by atoms with Gasteiger partial charge in [0.1, 0.15) is 5.75 Å². The van der Waals surface area contributed by atoms with E-state index < -0.39 is 0 Å². The SMILES string of the molecule is CC(C)(C)c1ccccc1OCCC1CCCCN1. The van der Waals surface area contributed by atoms with Crippen LogP contribution < -0.4 is 10.1 Å². The first-order chi connectivity index (χ1) is 9.07. The second-order valence-electron chi connectivity index (χ2n) is 6.53. The summed E-state index contributed by atoms with van der Waals surface area (Å²) < 4.78 is 6.03. The molecule has 1 heterocycles. The van der Waals surface area contributed by atoms with Gasteiger partial charge in [-0.15, -0.1) is 0 Å². The number of benzene rings is 1. The molecule has 1 aliphatic rings. The van der Waals surface area contributed by atoms with Crippen LogP contribution >= 0.6 is 0 Å². The molecule has 1 aromatic rings. The van der Waals surface area contributed by atoms with Crippen LogP contribution in [0.15, 0.2) is 24.3 Å². The Labute approximate surface area is 117 Å². The highest BCUT2D eigenvalue weighted by Gasteiger charge is 2.18. The lowest BCUT2D eigenvalue weighted by molar-refractivity contribution is 0.263. The zero-order valence-corrected chi connectivity index (χ0v) is 12.5. The topological polar surface area (TPSA) is 21.3 Å². The van der Waals surface area contributed by atoms with Crippen LogP contribution in [0.25, 0.3) is 0 Å². The van der Waals surface area contributed by atoms with Crippen LogP contribution in [0.5, 0.6) is 5.75 Å². The van der Waals surface area contributed by atoms with Gasteiger partial charge in [-0.1, -0.05) is 45.4 Å². The smallest absolute Gasteiger partial charge is 0.123 e. The molecule has 106 valence electrons. The normalized spacial score (nSPS) is 20.3. The van der Waals surface area contributed by atoms with E-state index in [0.717, 1.165) is 18.8 Å². The molecule has 0 bridgehead atoms. The maximum Gasteiger partial charge on any atom is 0.123 e. The van der Waals surface area contributed by atoms with Crippen molar-refractivity contribution in [2.75, 3.05) is 13.2 Å². The molecular formula is C17H27NO. The van der Waals surface area contributed by atoms with Crippen molar-refractivity contribution in [3.63, 3.8) is 0 Å². The van der Waals surface area contributed by atoms with E-state index >= 15 is 0 Å². The molecule has 1 N–H and O–H groups in total. The van der Waals surface area contributed by atoms with E-state index in [9.17, 15) is 0 Å². The van der Waals surface area contributed by atoms with Gasteiger partial charge in [-0.05, 0) is 42.9 Å². The Morgan fingerprint density at radius 3 is 2.68 bits per heavy atom. The maximum atomic E-state index is 6.03. The van der Waals surface area contributed by atoms with Gasteiger partial charge < -0.3 is 10.1 Å². The average Bonchev–Trinajstić information content (AvgIpc) is 2.39. The van der Waals surface area contributed by atoms with Gasteiger partial charge in [-0.3, -0.25) is 0 Å². The van der Waals surface area contributed by atoms with E-state index in [4.69, 9.17) is 4.74 Å². The molecule has 1 saturated heterocycles. The third-order valence-corrected chi connectivity index (χ3v) is 3.83. The number of hydrogen-bond acceptors (Lipinski definition) is 2. The zero-order chi connectivity index (χ0) is 13.7. The van der Waals surface area contributed by atoms with Crippen molar-refractivity contribution in [1.82, 2.24) is 5.32 Å². The van der Waals surface area contributed by atoms with Crippen molar-refractivity contribution < 1.29 is 4.74 Å². The second kappa shape index (κ2) is 6.42. The highest BCUT2D eigenvalue weighted by molar-refractivity contribution is 5.38. The minimum Gasteiger partial charge on any atom is -0.493 e. The van der Waals surface area contributed by atoms with E-state index in [1.165, 1.54) is 31.4 Å².